The first-order chi connectivity index (χ1) is 11.0. The van der Waals surface area contributed by atoms with Crippen molar-refractivity contribution in [3.05, 3.63) is 46.8 Å². The lowest BCUT2D eigenvalue weighted by Crippen LogP contribution is -2.38. The van der Waals surface area contributed by atoms with Crippen LogP contribution in [0.3, 0.4) is 0 Å². The Kier molecular flexibility index (Phi) is 4.90. The number of amides is 1. The van der Waals surface area contributed by atoms with Crippen molar-refractivity contribution in [3.8, 4) is 0 Å². The van der Waals surface area contributed by atoms with E-state index in [1.807, 2.05) is 0 Å². The summed E-state index contributed by atoms with van der Waals surface area (Å²) in [6, 6.07) is 6.34. The molecule has 1 amide bonds. The standard InChI is InChI=1S/C16H16N2O5/c1-3-23-12(20)8-11(19)18-14-13(17-2)15(21)9-6-4-5-7-10(9)16(14)22/h4-7,17H,3,8H2,1-2H3,(H,18,19). The lowest BCUT2D eigenvalue weighted by atomic mass is 9.90. The van der Waals surface area contributed by atoms with Crippen LogP contribution in [0.5, 0.6) is 0 Å². The fourth-order valence-electron chi connectivity index (χ4n) is 2.26. The molecule has 1 aromatic rings. The van der Waals surface area contributed by atoms with E-state index in [4.69, 9.17) is 0 Å². The van der Waals surface area contributed by atoms with Gasteiger partial charge in [0, 0.05) is 18.2 Å². The largest absolute Gasteiger partial charge is 0.466 e. The highest BCUT2D eigenvalue weighted by Crippen LogP contribution is 2.23. The summed E-state index contributed by atoms with van der Waals surface area (Å²) in [5.74, 6) is -2.30. The Bertz CT molecular complexity index is 721. The predicted octanol–water partition coefficient (Wildman–Crippen LogP) is 0.566. The lowest BCUT2D eigenvalue weighted by molar-refractivity contribution is -0.145. The molecule has 0 bridgehead atoms. The third kappa shape index (κ3) is 3.28. The number of likely N-dealkylation sites (N-methyl/N-ethyl adjacent to an activating group) is 1. The Morgan fingerprint density at radius 3 is 2.13 bits per heavy atom. The molecule has 0 aromatic heterocycles. The number of hydrogen-bond donors (Lipinski definition) is 2. The zero-order valence-electron chi connectivity index (χ0n) is 12.8. The molecule has 0 aliphatic heterocycles. The number of fused-ring (bicyclic) bond motifs is 1. The fourth-order valence-corrected chi connectivity index (χ4v) is 2.26. The number of allylic oxidation sites excluding steroid dienone is 2. The summed E-state index contributed by atoms with van der Waals surface area (Å²) in [6.07, 6.45) is -0.530. The topological polar surface area (TPSA) is 102 Å². The smallest absolute Gasteiger partial charge is 0.315 e. The average Bonchev–Trinajstić information content (AvgIpc) is 2.53. The normalized spacial score (nSPS) is 13.5. The van der Waals surface area contributed by atoms with Gasteiger partial charge in [0.15, 0.2) is 0 Å². The van der Waals surface area contributed by atoms with E-state index in [1.165, 1.54) is 13.1 Å². The second-order valence-electron chi connectivity index (χ2n) is 4.73. The molecule has 0 radical (unpaired) electrons. The van der Waals surface area contributed by atoms with Crippen LogP contribution in [0.25, 0.3) is 0 Å². The number of carbonyl (C=O) groups excluding carboxylic acids is 4. The van der Waals surface area contributed by atoms with E-state index >= 15 is 0 Å². The first kappa shape index (κ1) is 16.4. The highest BCUT2D eigenvalue weighted by atomic mass is 16.5. The Hall–Kier alpha value is -2.96. The SMILES string of the molecule is CCOC(=O)CC(=O)NC1=C(NC)C(=O)c2ccccc2C1=O. The van der Waals surface area contributed by atoms with Crippen LogP contribution in [0.1, 0.15) is 34.1 Å². The molecule has 7 heteroatoms. The van der Waals surface area contributed by atoms with E-state index in [0.29, 0.717) is 0 Å². The maximum Gasteiger partial charge on any atom is 0.315 e. The van der Waals surface area contributed by atoms with Gasteiger partial charge in [-0.15, -0.1) is 0 Å². The molecule has 7 nitrogen and oxygen atoms in total. The van der Waals surface area contributed by atoms with Crippen molar-refractivity contribution in [2.75, 3.05) is 13.7 Å². The number of ketones is 2. The molecule has 0 saturated heterocycles. The lowest BCUT2D eigenvalue weighted by Gasteiger charge is -2.21. The Balaban J connectivity index is 2.29. The van der Waals surface area contributed by atoms with Gasteiger partial charge in [-0.1, -0.05) is 24.3 Å². The number of esters is 1. The highest BCUT2D eigenvalue weighted by molar-refractivity contribution is 6.27. The van der Waals surface area contributed by atoms with Gasteiger partial charge in [0.25, 0.3) is 0 Å². The second kappa shape index (κ2) is 6.87. The van der Waals surface area contributed by atoms with E-state index in [9.17, 15) is 19.2 Å². The molecule has 0 unspecified atom stereocenters. The Morgan fingerprint density at radius 2 is 1.61 bits per heavy atom. The molecule has 0 atom stereocenters. The molecule has 23 heavy (non-hydrogen) atoms. The summed E-state index contributed by atoms with van der Waals surface area (Å²) in [5, 5.41) is 4.97. The molecule has 2 N–H and O–H groups in total. The van der Waals surface area contributed by atoms with E-state index in [2.05, 4.69) is 15.4 Å². The van der Waals surface area contributed by atoms with Gasteiger partial charge in [-0.05, 0) is 6.92 Å². The molecule has 1 aromatic carbocycles. The van der Waals surface area contributed by atoms with Crippen LogP contribution in [0.15, 0.2) is 35.7 Å². The molecular weight excluding hydrogens is 300 g/mol. The van der Waals surface area contributed by atoms with Crippen molar-refractivity contribution >= 4 is 23.4 Å². The summed E-state index contributed by atoms with van der Waals surface area (Å²) >= 11 is 0. The van der Waals surface area contributed by atoms with Crippen molar-refractivity contribution in [1.29, 1.82) is 0 Å². The van der Waals surface area contributed by atoms with E-state index in [0.717, 1.165) is 0 Å². The number of nitrogens with one attached hydrogen (secondary N) is 2. The van der Waals surface area contributed by atoms with Gasteiger partial charge in [-0.25, -0.2) is 0 Å². The third-order valence-corrected chi connectivity index (χ3v) is 3.25. The van der Waals surface area contributed by atoms with Crippen LogP contribution in [0.2, 0.25) is 0 Å². The zero-order valence-corrected chi connectivity index (χ0v) is 12.8. The van der Waals surface area contributed by atoms with Crippen LogP contribution in [0.4, 0.5) is 0 Å². The fraction of sp³-hybridized carbons (Fsp3) is 0.250. The molecule has 1 aliphatic rings. The number of benzene rings is 1. The summed E-state index contributed by atoms with van der Waals surface area (Å²) in [4.78, 5) is 48.1. The second-order valence-corrected chi connectivity index (χ2v) is 4.73. The molecule has 0 fully saturated rings. The van der Waals surface area contributed by atoms with Crippen molar-refractivity contribution in [3.63, 3.8) is 0 Å². The number of carbonyl (C=O) groups is 4. The van der Waals surface area contributed by atoms with Gasteiger partial charge < -0.3 is 15.4 Å². The molecule has 0 heterocycles. The van der Waals surface area contributed by atoms with Crippen LogP contribution in [-0.2, 0) is 14.3 Å². The molecular formula is C16H16N2O5. The van der Waals surface area contributed by atoms with Crippen LogP contribution < -0.4 is 10.6 Å². The number of rotatable bonds is 5. The number of Topliss-reactive ketones (excluding diaryl/α,β-unsaturated/α-hetero) is 2. The Labute approximate surface area is 132 Å². The predicted molar refractivity (Wildman–Crippen MR) is 80.6 cm³/mol. The molecule has 0 saturated carbocycles. The Morgan fingerprint density at radius 1 is 1.04 bits per heavy atom. The van der Waals surface area contributed by atoms with Crippen LogP contribution in [-0.4, -0.2) is 37.1 Å². The molecule has 0 spiro atoms. The number of ether oxygens (including phenoxy) is 1. The van der Waals surface area contributed by atoms with Gasteiger partial charge in [0.05, 0.1) is 6.61 Å². The number of hydrogen-bond acceptors (Lipinski definition) is 6. The average molecular weight is 316 g/mol. The highest BCUT2D eigenvalue weighted by Gasteiger charge is 2.32. The molecule has 1 aliphatic carbocycles. The summed E-state index contributed by atoms with van der Waals surface area (Å²) in [6.45, 7) is 1.78. The van der Waals surface area contributed by atoms with Crippen molar-refractivity contribution in [1.82, 2.24) is 10.6 Å². The first-order valence-corrected chi connectivity index (χ1v) is 7.05. The minimum atomic E-state index is -0.716. The van der Waals surface area contributed by atoms with E-state index in [1.54, 1.807) is 25.1 Å². The van der Waals surface area contributed by atoms with Crippen molar-refractivity contribution < 1.29 is 23.9 Å². The van der Waals surface area contributed by atoms with Gasteiger partial charge in [0.1, 0.15) is 17.8 Å². The monoisotopic (exact) mass is 316 g/mol. The first-order valence-electron chi connectivity index (χ1n) is 7.05. The molecule has 2 rings (SSSR count). The van der Waals surface area contributed by atoms with E-state index in [-0.39, 0.29) is 29.1 Å². The molecule has 120 valence electrons. The van der Waals surface area contributed by atoms with Gasteiger partial charge in [-0.3, -0.25) is 19.2 Å². The van der Waals surface area contributed by atoms with Crippen molar-refractivity contribution in [2.24, 2.45) is 0 Å². The maximum atomic E-state index is 12.5. The van der Waals surface area contributed by atoms with Crippen LogP contribution >= 0.6 is 0 Å². The quantitative estimate of drug-likeness (QED) is 0.608. The summed E-state index contributed by atoms with van der Waals surface area (Å²) in [5.41, 5.74) is 0.310. The minimum Gasteiger partial charge on any atom is -0.466 e. The van der Waals surface area contributed by atoms with Crippen molar-refractivity contribution in [2.45, 2.75) is 13.3 Å². The van der Waals surface area contributed by atoms with Gasteiger partial charge >= 0.3 is 5.97 Å². The summed E-state index contributed by atoms with van der Waals surface area (Å²) in [7, 11) is 1.48. The van der Waals surface area contributed by atoms with Gasteiger partial charge in [0.2, 0.25) is 17.5 Å². The van der Waals surface area contributed by atoms with Gasteiger partial charge in [-0.2, -0.15) is 0 Å². The zero-order chi connectivity index (χ0) is 17.0. The van der Waals surface area contributed by atoms with Crippen LogP contribution in [0, 0.1) is 0 Å². The minimum absolute atomic E-state index is 0.00842. The third-order valence-electron chi connectivity index (χ3n) is 3.25. The summed E-state index contributed by atoms with van der Waals surface area (Å²) < 4.78 is 4.68. The maximum absolute atomic E-state index is 12.5. The van der Waals surface area contributed by atoms with E-state index < -0.39 is 29.9 Å².